The number of aryl methyl sites for hydroxylation is 1. The Labute approximate surface area is 144 Å². The van der Waals surface area contributed by atoms with E-state index in [1.807, 2.05) is 30.3 Å². The number of amides is 1. The van der Waals surface area contributed by atoms with E-state index in [9.17, 15) is 9.59 Å². The van der Waals surface area contributed by atoms with Gasteiger partial charge >= 0.3 is 11.9 Å². The van der Waals surface area contributed by atoms with E-state index in [4.69, 9.17) is 9.52 Å². The molecule has 126 valence electrons. The number of nitrogens with zero attached hydrogens (tertiary/aromatic N) is 2. The number of anilines is 1. The molecule has 0 aliphatic rings. The summed E-state index contributed by atoms with van der Waals surface area (Å²) in [5.41, 5.74) is 2.17. The van der Waals surface area contributed by atoms with Crippen molar-refractivity contribution in [2.45, 2.75) is 6.92 Å². The Bertz CT molecular complexity index is 974. The van der Waals surface area contributed by atoms with Crippen LogP contribution in [0.5, 0.6) is 0 Å². The molecular formula is C19H17N2O4+. The van der Waals surface area contributed by atoms with Crippen molar-refractivity contribution >= 4 is 34.7 Å². The van der Waals surface area contributed by atoms with Gasteiger partial charge in [0.2, 0.25) is 11.5 Å². The van der Waals surface area contributed by atoms with Crippen LogP contribution in [0.25, 0.3) is 17.2 Å². The molecule has 2 aromatic carbocycles. The predicted molar refractivity (Wildman–Crippen MR) is 93.0 cm³/mol. The molecular weight excluding hydrogens is 320 g/mol. The Kier molecular flexibility index (Phi) is 4.35. The van der Waals surface area contributed by atoms with Gasteiger partial charge in [-0.05, 0) is 24.3 Å². The topological polar surface area (TPSA) is 74.6 Å². The lowest BCUT2D eigenvalue weighted by Crippen LogP contribution is -2.30. The molecule has 1 heterocycles. The first-order valence-electron chi connectivity index (χ1n) is 7.66. The number of carboxylic acid groups (broad SMARTS) is 1. The number of para-hydroxylation sites is 1. The normalized spacial score (nSPS) is 11.1. The molecule has 3 rings (SSSR count). The summed E-state index contributed by atoms with van der Waals surface area (Å²) in [4.78, 5) is 24.5. The maximum atomic E-state index is 11.9. The van der Waals surface area contributed by atoms with Gasteiger partial charge in [0.25, 0.3) is 5.52 Å². The fourth-order valence-corrected chi connectivity index (χ4v) is 2.54. The van der Waals surface area contributed by atoms with Crippen LogP contribution in [-0.2, 0) is 11.8 Å². The fraction of sp³-hybridized carbons (Fsp3) is 0.105. The van der Waals surface area contributed by atoms with Gasteiger partial charge in [-0.2, -0.15) is 4.57 Å². The molecule has 0 aliphatic carbocycles. The van der Waals surface area contributed by atoms with Crippen LogP contribution in [0.3, 0.4) is 0 Å². The van der Waals surface area contributed by atoms with Crippen molar-refractivity contribution in [1.82, 2.24) is 0 Å². The molecule has 0 bridgehead atoms. The zero-order chi connectivity index (χ0) is 18.0. The quantitative estimate of drug-likeness (QED) is 0.743. The lowest BCUT2D eigenvalue weighted by molar-refractivity contribution is -0.652. The van der Waals surface area contributed by atoms with Crippen LogP contribution >= 0.6 is 0 Å². The van der Waals surface area contributed by atoms with Gasteiger partial charge in [0.15, 0.2) is 0 Å². The van der Waals surface area contributed by atoms with Gasteiger partial charge < -0.3 is 9.52 Å². The molecule has 3 aromatic rings. The van der Waals surface area contributed by atoms with E-state index in [2.05, 4.69) is 0 Å². The highest BCUT2D eigenvalue weighted by Crippen LogP contribution is 2.18. The van der Waals surface area contributed by atoms with E-state index in [0.29, 0.717) is 17.0 Å². The lowest BCUT2D eigenvalue weighted by atomic mass is 10.2. The van der Waals surface area contributed by atoms with Crippen molar-refractivity contribution in [1.29, 1.82) is 0 Å². The number of hydrogen-bond acceptors (Lipinski definition) is 3. The fourth-order valence-electron chi connectivity index (χ4n) is 2.54. The molecule has 0 atom stereocenters. The highest BCUT2D eigenvalue weighted by molar-refractivity contribution is 5.94. The molecule has 1 aromatic heterocycles. The van der Waals surface area contributed by atoms with Crippen molar-refractivity contribution in [3.8, 4) is 0 Å². The molecule has 6 heteroatoms. The summed E-state index contributed by atoms with van der Waals surface area (Å²) in [6.45, 7) is 1.48. The zero-order valence-electron chi connectivity index (χ0n) is 13.8. The van der Waals surface area contributed by atoms with Gasteiger partial charge in [0.05, 0.1) is 11.6 Å². The van der Waals surface area contributed by atoms with Crippen LogP contribution in [0.4, 0.5) is 5.69 Å². The van der Waals surface area contributed by atoms with Crippen molar-refractivity contribution in [3.05, 3.63) is 66.2 Å². The summed E-state index contributed by atoms with van der Waals surface area (Å²) in [7, 11) is 1.78. The molecule has 0 aliphatic heterocycles. The number of oxazole rings is 1. The number of aromatic nitrogens is 1. The van der Waals surface area contributed by atoms with Crippen molar-refractivity contribution in [3.63, 3.8) is 0 Å². The standard InChI is InChI=1S/C19H16N2O4/c1-13(22)21(15-6-4-3-5-7-15)11-10-18-20(2)16-12-14(19(23)24)8-9-17(16)25-18/h3-12H,1-2H3/p+1. The molecule has 0 unspecified atom stereocenters. The molecule has 0 fully saturated rings. The number of rotatable bonds is 4. The van der Waals surface area contributed by atoms with Crippen LogP contribution in [0.15, 0.2) is 59.1 Å². The summed E-state index contributed by atoms with van der Waals surface area (Å²) in [5.74, 6) is -0.624. The highest BCUT2D eigenvalue weighted by Gasteiger charge is 2.19. The summed E-state index contributed by atoms with van der Waals surface area (Å²) in [5, 5.41) is 9.11. The van der Waals surface area contributed by atoms with E-state index in [1.54, 1.807) is 36.0 Å². The Balaban J connectivity index is 1.98. The molecule has 0 saturated carbocycles. The van der Waals surface area contributed by atoms with Gasteiger partial charge in [-0.25, -0.2) is 4.79 Å². The number of carboxylic acids is 1. The van der Waals surface area contributed by atoms with Gasteiger partial charge in [-0.3, -0.25) is 9.69 Å². The van der Waals surface area contributed by atoms with E-state index < -0.39 is 5.97 Å². The van der Waals surface area contributed by atoms with E-state index >= 15 is 0 Å². The van der Waals surface area contributed by atoms with E-state index in [1.165, 1.54) is 17.9 Å². The average Bonchev–Trinajstić information content (AvgIpc) is 2.91. The van der Waals surface area contributed by atoms with Crippen molar-refractivity contribution in [2.75, 3.05) is 4.90 Å². The number of fused-ring (bicyclic) bond motifs is 1. The maximum Gasteiger partial charge on any atom is 0.375 e. The highest BCUT2D eigenvalue weighted by atomic mass is 16.4. The van der Waals surface area contributed by atoms with Gasteiger partial charge in [-0.15, -0.1) is 0 Å². The first-order valence-corrected chi connectivity index (χ1v) is 7.66. The minimum Gasteiger partial charge on any atom is -0.478 e. The predicted octanol–water partition coefficient (Wildman–Crippen LogP) is 2.98. The zero-order valence-corrected chi connectivity index (χ0v) is 13.8. The molecule has 1 N–H and O–H groups in total. The third-order valence-corrected chi connectivity index (χ3v) is 3.85. The van der Waals surface area contributed by atoms with Gasteiger partial charge in [0.1, 0.15) is 7.05 Å². The SMILES string of the molecule is CC(=O)N(C=Cc1oc2ccc(C(=O)O)cc2[n+]1C)c1ccccc1. The number of aromatic carboxylic acids is 1. The first-order chi connectivity index (χ1) is 12.0. The second kappa shape index (κ2) is 6.60. The van der Waals surface area contributed by atoms with Crippen LogP contribution in [-0.4, -0.2) is 17.0 Å². The Morgan fingerprint density at radius 3 is 2.52 bits per heavy atom. The number of carbonyl (C=O) groups is 2. The molecule has 25 heavy (non-hydrogen) atoms. The van der Waals surface area contributed by atoms with Crippen LogP contribution in [0.1, 0.15) is 23.2 Å². The Morgan fingerprint density at radius 2 is 1.88 bits per heavy atom. The van der Waals surface area contributed by atoms with E-state index in [-0.39, 0.29) is 11.5 Å². The van der Waals surface area contributed by atoms with Crippen molar-refractivity contribution < 1.29 is 23.7 Å². The number of carbonyl (C=O) groups excluding carboxylic acids is 1. The third-order valence-electron chi connectivity index (χ3n) is 3.85. The van der Waals surface area contributed by atoms with E-state index in [0.717, 1.165) is 5.69 Å². The summed E-state index contributed by atoms with van der Waals surface area (Å²) in [6, 6.07) is 13.9. The minimum absolute atomic E-state index is 0.130. The first kappa shape index (κ1) is 16.4. The van der Waals surface area contributed by atoms with Crippen LogP contribution in [0, 0.1) is 0 Å². The van der Waals surface area contributed by atoms with Gasteiger partial charge in [0, 0.05) is 24.9 Å². The second-order valence-electron chi connectivity index (χ2n) is 5.53. The maximum absolute atomic E-state index is 11.9. The number of benzene rings is 2. The molecule has 6 nitrogen and oxygen atoms in total. The largest absolute Gasteiger partial charge is 0.478 e. The second-order valence-corrected chi connectivity index (χ2v) is 5.53. The number of hydrogen-bond donors (Lipinski definition) is 1. The minimum atomic E-state index is -0.993. The molecule has 0 saturated heterocycles. The Morgan fingerprint density at radius 1 is 1.16 bits per heavy atom. The molecule has 0 radical (unpaired) electrons. The van der Waals surface area contributed by atoms with Crippen LogP contribution in [0.2, 0.25) is 0 Å². The Hall–Kier alpha value is -3.41. The molecule has 0 spiro atoms. The van der Waals surface area contributed by atoms with Crippen molar-refractivity contribution in [2.24, 2.45) is 7.05 Å². The molecule has 1 amide bonds. The van der Waals surface area contributed by atoms with Crippen LogP contribution < -0.4 is 9.47 Å². The average molecular weight is 337 g/mol. The lowest BCUT2D eigenvalue weighted by Gasteiger charge is -2.15. The monoisotopic (exact) mass is 337 g/mol. The summed E-state index contributed by atoms with van der Waals surface area (Å²) >= 11 is 0. The summed E-state index contributed by atoms with van der Waals surface area (Å²) in [6.07, 6.45) is 3.31. The summed E-state index contributed by atoms with van der Waals surface area (Å²) < 4.78 is 7.48. The third kappa shape index (κ3) is 3.28. The van der Waals surface area contributed by atoms with Gasteiger partial charge in [-0.1, -0.05) is 18.2 Å². The smallest absolute Gasteiger partial charge is 0.375 e.